The Balaban J connectivity index is 1.71. The van der Waals surface area contributed by atoms with Crippen LogP contribution in [0.25, 0.3) is 0 Å². The van der Waals surface area contributed by atoms with E-state index in [1.54, 1.807) is 12.1 Å². The van der Waals surface area contributed by atoms with E-state index < -0.39 is 6.10 Å². The first-order chi connectivity index (χ1) is 12.6. The van der Waals surface area contributed by atoms with Crippen molar-refractivity contribution < 1.29 is 9.13 Å². The number of thioether (sulfide) groups is 1. The van der Waals surface area contributed by atoms with E-state index in [0.29, 0.717) is 27.8 Å². The molecule has 0 fully saturated rings. The molecule has 0 bridgehead atoms. The summed E-state index contributed by atoms with van der Waals surface area (Å²) in [7, 11) is 0. The van der Waals surface area contributed by atoms with Gasteiger partial charge in [-0.1, -0.05) is 72.3 Å². The van der Waals surface area contributed by atoms with Gasteiger partial charge in [-0.15, -0.1) is 11.8 Å². The molecule has 1 unspecified atom stereocenters. The van der Waals surface area contributed by atoms with Crippen molar-refractivity contribution >= 4 is 23.4 Å². The van der Waals surface area contributed by atoms with Crippen LogP contribution in [0.3, 0.4) is 0 Å². The van der Waals surface area contributed by atoms with E-state index in [0.717, 1.165) is 11.1 Å². The average Bonchev–Trinajstić information content (AvgIpc) is 2.67. The number of hydrogen-bond donors (Lipinski definition) is 0. The minimum absolute atomic E-state index is 0.293. The summed E-state index contributed by atoms with van der Waals surface area (Å²) >= 11 is 7.73. The molecule has 0 heterocycles. The van der Waals surface area contributed by atoms with Crippen molar-refractivity contribution in [2.45, 2.75) is 30.3 Å². The maximum absolute atomic E-state index is 15.0. The lowest BCUT2D eigenvalue weighted by molar-refractivity contribution is 0.0500. The van der Waals surface area contributed by atoms with Crippen molar-refractivity contribution in [3.05, 3.63) is 100 Å². The van der Waals surface area contributed by atoms with Gasteiger partial charge in [0, 0.05) is 21.2 Å². The van der Waals surface area contributed by atoms with Crippen LogP contribution in [-0.4, -0.2) is 0 Å². The summed E-state index contributed by atoms with van der Waals surface area (Å²) in [5.74, 6) is 0.414. The Morgan fingerprint density at radius 3 is 2.19 bits per heavy atom. The molecule has 0 aliphatic carbocycles. The first-order valence-electron chi connectivity index (χ1n) is 8.45. The summed E-state index contributed by atoms with van der Waals surface area (Å²) < 4.78 is 20.9. The van der Waals surface area contributed by atoms with Crippen LogP contribution in [0.4, 0.5) is 4.39 Å². The van der Waals surface area contributed by atoms with E-state index >= 15 is 4.39 Å². The third kappa shape index (κ3) is 4.88. The Morgan fingerprint density at radius 1 is 0.923 bits per heavy atom. The highest BCUT2D eigenvalue weighted by Crippen LogP contribution is 2.35. The third-order valence-electron chi connectivity index (χ3n) is 4.08. The molecule has 0 aliphatic rings. The topological polar surface area (TPSA) is 9.23 Å². The Kier molecular flexibility index (Phi) is 6.73. The lowest BCUT2D eigenvalue weighted by atomic mass is 10.1. The average molecular weight is 387 g/mol. The van der Waals surface area contributed by atoms with Crippen LogP contribution in [0.1, 0.15) is 29.7 Å². The molecule has 0 saturated heterocycles. The van der Waals surface area contributed by atoms with Gasteiger partial charge in [0.2, 0.25) is 0 Å². The molecule has 1 nitrogen and oxygen atoms in total. The van der Waals surface area contributed by atoms with E-state index in [-0.39, 0.29) is 5.82 Å². The highest BCUT2D eigenvalue weighted by molar-refractivity contribution is 7.98. The number of ether oxygens (including phenoxy) is 1. The van der Waals surface area contributed by atoms with Gasteiger partial charge < -0.3 is 4.74 Å². The molecule has 0 amide bonds. The molecule has 4 heteroatoms. The molecular weight excluding hydrogens is 367 g/mol. The van der Waals surface area contributed by atoms with Gasteiger partial charge in [-0.25, -0.2) is 4.39 Å². The van der Waals surface area contributed by atoms with Gasteiger partial charge in [0.1, 0.15) is 5.82 Å². The van der Waals surface area contributed by atoms with Crippen molar-refractivity contribution in [1.29, 1.82) is 0 Å². The van der Waals surface area contributed by atoms with Gasteiger partial charge in [-0.2, -0.15) is 0 Å². The molecule has 0 aliphatic heterocycles. The molecule has 0 saturated carbocycles. The zero-order chi connectivity index (χ0) is 18.4. The molecule has 0 radical (unpaired) electrons. The second-order valence-electron chi connectivity index (χ2n) is 5.99. The van der Waals surface area contributed by atoms with Gasteiger partial charge in [-0.3, -0.25) is 0 Å². The van der Waals surface area contributed by atoms with E-state index in [9.17, 15) is 0 Å². The largest absolute Gasteiger partial charge is 0.369 e. The second kappa shape index (κ2) is 9.22. The van der Waals surface area contributed by atoms with E-state index in [2.05, 4.69) is 0 Å². The van der Waals surface area contributed by atoms with Gasteiger partial charge in [0.25, 0.3) is 0 Å². The molecule has 3 aromatic rings. The maximum Gasteiger partial charge on any atom is 0.144 e. The van der Waals surface area contributed by atoms with Gasteiger partial charge in [0.15, 0.2) is 0 Å². The normalized spacial score (nSPS) is 12.1. The van der Waals surface area contributed by atoms with Crippen molar-refractivity contribution in [3.63, 3.8) is 0 Å². The fourth-order valence-corrected chi connectivity index (χ4v) is 3.86. The van der Waals surface area contributed by atoms with Gasteiger partial charge in [0.05, 0.1) is 12.7 Å². The monoisotopic (exact) mass is 386 g/mol. The fraction of sp³-hybridized carbons (Fsp3) is 0.182. The van der Waals surface area contributed by atoms with Crippen molar-refractivity contribution in [1.82, 2.24) is 0 Å². The van der Waals surface area contributed by atoms with Crippen LogP contribution in [0.15, 0.2) is 77.7 Å². The molecule has 0 aromatic heterocycles. The molecule has 0 N–H and O–H groups in total. The number of rotatable bonds is 7. The van der Waals surface area contributed by atoms with E-state index in [1.807, 2.05) is 67.6 Å². The van der Waals surface area contributed by atoms with Crippen molar-refractivity contribution in [2.75, 3.05) is 0 Å². The Morgan fingerprint density at radius 2 is 1.54 bits per heavy atom. The Hall–Kier alpha value is -1.81. The fourth-order valence-electron chi connectivity index (χ4n) is 2.65. The minimum Gasteiger partial charge on any atom is -0.369 e. The van der Waals surface area contributed by atoms with E-state index in [1.165, 1.54) is 11.8 Å². The Labute approximate surface area is 163 Å². The van der Waals surface area contributed by atoms with Crippen LogP contribution in [0, 0.1) is 5.82 Å². The maximum atomic E-state index is 15.0. The second-order valence-corrected chi connectivity index (χ2v) is 7.41. The molecule has 3 rings (SSSR count). The summed E-state index contributed by atoms with van der Waals surface area (Å²) in [5.41, 5.74) is 2.62. The van der Waals surface area contributed by atoms with Crippen LogP contribution >= 0.6 is 23.4 Å². The summed E-state index contributed by atoms with van der Waals surface area (Å²) in [5, 5.41) is 0.395. The molecule has 134 valence electrons. The first kappa shape index (κ1) is 19.0. The van der Waals surface area contributed by atoms with Crippen LogP contribution in [-0.2, 0) is 17.1 Å². The van der Waals surface area contributed by atoms with Gasteiger partial charge >= 0.3 is 0 Å². The lowest BCUT2D eigenvalue weighted by Crippen LogP contribution is -2.05. The number of benzene rings is 3. The predicted molar refractivity (Wildman–Crippen MR) is 107 cm³/mol. The minimum atomic E-state index is -0.431. The molecular formula is C22H20ClFOS. The lowest BCUT2D eigenvalue weighted by Gasteiger charge is -2.17. The van der Waals surface area contributed by atoms with Crippen LogP contribution < -0.4 is 0 Å². The molecule has 1 atom stereocenters. The van der Waals surface area contributed by atoms with E-state index in [4.69, 9.17) is 16.3 Å². The third-order valence-corrected chi connectivity index (χ3v) is 5.51. The number of halogens is 2. The first-order valence-corrected chi connectivity index (χ1v) is 9.81. The van der Waals surface area contributed by atoms with Crippen molar-refractivity contribution in [3.8, 4) is 0 Å². The summed E-state index contributed by atoms with van der Waals surface area (Å²) in [6.45, 7) is 2.25. The highest BCUT2D eigenvalue weighted by Gasteiger charge is 2.19. The van der Waals surface area contributed by atoms with Gasteiger partial charge in [-0.05, 0) is 30.2 Å². The zero-order valence-corrected chi connectivity index (χ0v) is 16.1. The zero-order valence-electron chi connectivity index (χ0n) is 14.5. The number of hydrogen-bond acceptors (Lipinski definition) is 2. The summed E-state index contributed by atoms with van der Waals surface area (Å²) in [6.07, 6.45) is -0.431. The SMILES string of the molecule is CC(OCc1ccccc1)c1c(Cl)ccc(SCc2ccccc2)c1F. The standard InChI is InChI=1S/C22H20ClFOS/c1-16(25-14-17-8-4-2-5-9-17)21-19(23)12-13-20(22(21)24)26-15-18-10-6-3-7-11-18/h2-13,16H,14-15H2,1H3. The Bertz CT molecular complexity index is 840. The van der Waals surface area contributed by atoms with Crippen LogP contribution in [0.2, 0.25) is 5.02 Å². The molecule has 26 heavy (non-hydrogen) atoms. The summed E-state index contributed by atoms with van der Waals surface area (Å²) in [6, 6.07) is 23.3. The quantitative estimate of drug-likeness (QED) is 0.402. The summed E-state index contributed by atoms with van der Waals surface area (Å²) in [4.78, 5) is 0.586. The molecule has 0 spiro atoms. The smallest absolute Gasteiger partial charge is 0.144 e. The van der Waals surface area contributed by atoms with Crippen molar-refractivity contribution in [2.24, 2.45) is 0 Å². The predicted octanol–water partition coefficient (Wildman–Crippen LogP) is 7.05. The molecule has 3 aromatic carbocycles. The highest BCUT2D eigenvalue weighted by atomic mass is 35.5. The van der Waals surface area contributed by atoms with Crippen LogP contribution in [0.5, 0.6) is 0 Å².